The van der Waals surface area contributed by atoms with Gasteiger partial charge in [-0.05, 0) is 18.6 Å². The van der Waals surface area contributed by atoms with Crippen molar-refractivity contribution in [3.63, 3.8) is 0 Å². The molecule has 0 radical (unpaired) electrons. The van der Waals surface area contributed by atoms with Gasteiger partial charge in [-0.15, -0.1) is 0 Å². The number of nitrogens with zero attached hydrogens (tertiary/aromatic N) is 3. The summed E-state index contributed by atoms with van der Waals surface area (Å²) in [6.07, 6.45) is 2.43. The number of hydrogen-bond donors (Lipinski definition) is 4. The number of aromatic amines is 1. The fourth-order valence-electron chi connectivity index (χ4n) is 2.30. The van der Waals surface area contributed by atoms with Crippen molar-refractivity contribution in [3.8, 4) is 0 Å². The molecule has 10 nitrogen and oxygen atoms in total. The van der Waals surface area contributed by atoms with Gasteiger partial charge in [0, 0.05) is 18.5 Å². The minimum Gasteiger partial charge on any atom is -0.453 e. The van der Waals surface area contributed by atoms with Gasteiger partial charge >= 0.3 is 12.1 Å². The summed E-state index contributed by atoms with van der Waals surface area (Å²) >= 11 is 5.76. The predicted octanol–water partition coefficient (Wildman–Crippen LogP) is 3.07. The summed E-state index contributed by atoms with van der Waals surface area (Å²) in [7, 11) is 1.25. The molecule has 0 aromatic carbocycles. The summed E-state index contributed by atoms with van der Waals surface area (Å²) < 4.78 is 4.53. The summed E-state index contributed by atoms with van der Waals surface area (Å²) in [4.78, 5) is 31.6. The standard InChI is InChI=1S/C16H16ClN7O3/c1-8(9-3-4-12(17)18-6-9)20-15(25)21-13-5-11-10(7-19-13)14(24-23-11)22-16(26)27-2/h3-8H,1-2H3,(H2,19,20,21,25)(H2,22,23,24,26). The molecule has 0 fully saturated rings. The molecule has 140 valence electrons. The molecule has 0 bridgehead atoms. The quantitative estimate of drug-likeness (QED) is 0.506. The van der Waals surface area contributed by atoms with Gasteiger partial charge in [0.2, 0.25) is 0 Å². The topological polar surface area (TPSA) is 134 Å². The first-order valence-corrected chi connectivity index (χ1v) is 8.22. The summed E-state index contributed by atoms with van der Waals surface area (Å²) in [5.74, 6) is 0.596. The van der Waals surface area contributed by atoms with Crippen molar-refractivity contribution in [3.05, 3.63) is 41.3 Å². The van der Waals surface area contributed by atoms with E-state index >= 15 is 0 Å². The third-order valence-corrected chi connectivity index (χ3v) is 3.92. The van der Waals surface area contributed by atoms with E-state index in [1.54, 1.807) is 24.4 Å². The Kier molecular flexibility index (Phi) is 5.36. The molecule has 0 saturated heterocycles. The van der Waals surface area contributed by atoms with Gasteiger partial charge < -0.3 is 10.1 Å². The fourth-order valence-corrected chi connectivity index (χ4v) is 2.41. The number of carbonyl (C=O) groups is 2. The Hall–Kier alpha value is -3.40. The van der Waals surface area contributed by atoms with Crippen LogP contribution in [0.1, 0.15) is 18.5 Å². The lowest BCUT2D eigenvalue weighted by atomic mass is 10.1. The van der Waals surface area contributed by atoms with Gasteiger partial charge in [0.1, 0.15) is 11.0 Å². The van der Waals surface area contributed by atoms with Gasteiger partial charge in [0.25, 0.3) is 0 Å². The molecule has 0 aliphatic rings. The average Bonchev–Trinajstić information content (AvgIpc) is 3.04. The number of ether oxygens (including phenoxy) is 1. The highest BCUT2D eigenvalue weighted by atomic mass is 35.5. The fraction of sp³-hybridized carbons (Fsp3) is 0.188. The number of nitrogens with one attached hydrogen (secondary N) is 4. The van der Waals surface area contributed by atoms with Gasteiger partial charge in [-0.1, -0.05) is 17.7 Å². The number of fused-ring (bicyclic) bond motifs is 1. The number of amides is 3. The number of halogens is 1. The molecule has 11 heteroatoms. The van der Waals surface area contributed by atoms with E-state index in [-0.39, 0.29) is 11.9 Å². The summed E-state index contributed by atoms with van der Waals surface area (Å²) in [6, 6.07) is 4.32. The zero-order valence-corrected chi connectivity index (χ0v) is 15.2. The van der Waals surface area contributed by atoms with Crippen LogP contribution in [0, 0.1) is 0 Å². The first-order chi connectivity index (χ1) is 13.0. The van der Waals surface area contributed by atoms with Gasteiger partial charge in [0.15, 0.2) is 5.82 Å². The predicted molar refractivity (Wildman–Crippen MR) is 99.7 cm³/mol. The van der Waals surface area contributed by atoms with Crippen LogP contribution in [0.15, 0.2) is 30.6 Å². The van der Waals surface area contributed by atoms with Crippen molar-refractivity contribution in [2.75, 3.05) is 17.7 Å². The van der Waals surface area contributed by atoms with Crippen molar-refractivity contribution in [2.45, 2.75) is 13.0 Å². The highest BCUT2D eigenvalue weighted by molar-refractivity contribution is 6.29. The van der Waals surface area contributed by atoms with Crippen LogP contribution < -0.4 is 16.0 Å². The Morgan fingerprint density at radius 2 is 2.04 bits per heavy atom. The molecular formula is C16H16ClN7O3. The number of methoxy groups -OCH3 is 1. The molecule has 1 atom stereocenters. The third kappa shape index (κ3) is 4.42. The summed E-state index contributed by atoms with van der Waals surface area (Å²) in [6.45, 7) is 1.82. The number of rotatable bonds is 4. The Morgan fingerprint density at radius 3 is 2.74 bits per heavy atom. The number of aromatic nitrogens is 4. The zero-order valence-electron chi connectivity index (χ0n) is 14.4. The molecule has 3 aromatic rings. The van der Waals surface area contributed by atoms with Crippen molar-refractivity contribution >= 4 is 46.3 Å². The maximum atomic E-state index is 12.2. The van der Waals surface area contributed by atoms with Crippen molar-refractivity contribution in [2.24, 2.45) is 0 Å². The molecule has 3 rings (SSSR count). The number of carbonyl (C=O) groups excluding carboxylic acids is 2. The second kappa shape index (κ2) is 7.87. The zero-order chi connectivity index (χ0) is 19.4. The molecule has 3 aromatic heterocycles. The summed E-state index contributed by atoms with van der Waals surface area (Å²) in [5, 5.41) is 15.6. The Morgan fingerprint density at radius 1 is 1.22 bits per heavy atom. The number of urea groups is 1. The van der Waals surface area contributed by atoms with Crippen LogP contribution >= 0.6 is 11.6 Å². The largest absolute Gasteiger partial charge is 0.453 e. The van der Waals surface area contributed by atoms with Crippen LogP contribution in [0.4, 0.5) is 21.2 Å². The Balaban J connectivity index is 1.66. The van der Waals surface area contributed by atoms with Crippen LogP contribution in [-0.4, -0.2) is 39.4 Å². The molecule has 0 aliphatic carbocycles. The second-order valence-corrected chi connectivity index (χ2v) is 5.93. The van der Waals surface area contributed by atoms with E-state index in [0.29, 0.717) is 21.9 Å². The lowest BCUT2D eigenvalue weighted by molar-refractivity contribution is 0.187. The smallest absolute Gasteiger partial charge is 0.412 e. The van der Waals surface area contributed by atoms with Crippen LogP contribution in [0.25, 0.3) is 10.9 Å². The van der Waals surface area contributed by atoms with Gasteiger partial charge in [-0.25, -0.2) is 19.6 Å². The van der Waals surface area contributed by atoms with E-state index in [1.807, 2.05) is 6.92 Å². The van der Waals surface area contributed by atoms with Crippen LogP contribution in [0.5, 0.6) is 0 Å². The van der Waals surface area contributed by atoms with Gasteiger partial charge in [-0.2, -0.15) is 5.10 Å². The summed E-state index contributed by atoms with van der Waals surface area (Å²) in [5.41, 5.74) is 1.40. The Bertz CT molecular complexity index is 974. The van der Waals surface area contributed by atoms with Crippen molar-refractivity contribution in [1.29, 1.82) is 0 Å². The number of anilines is 2. The lowest BCUT2D eigenvalue weighted by Crippen LogP contribution is -2.31. The van der Waals surface area contributed by atoms with Crippen molar-refractivity contribution in [1.82, 2.24) is 25.5 Å². The molecule has 27 heavy (non-hydrogen) atoms. The number of hydrogen-bond acceptors (Lipinski definition) is 6. The average molecular weight is 390 g/mol. The maximum Gasteiger partial charge on any atom is 0.412 e. The Labute approximate surface area is 158 Å². The highest BCUT2D eigenvalue weighted by Gasteiger charge is 2.13. The molecule has 1 unspecified atom stereocenters. The van der Waals surface area contributed by atoms with Crippen LogP contribution in [0.3, 0.4) is 0 Å². The van der Waals surface area contributed by atoms with E-state index in [0.717, 1.165) is 5.56 Å². The van der Waals surface area contributed by atoms with E-state index in [1.165, 1.54) is 13.3 Å². The first-order valence-electron chi connectivity index (χ1n) is 7.84. The molecule has 3 heterocycles. The highest BCUT2D eigenvalue weighted by Crippen LogP contribution is 2.22. The SMILES string of the molecule is COC(=O)Nc1n[nH]c2cc(NC(=O)NC(C)c3ccc(Cl)nc3)ncc12. The monoisotopic (exact) mass is 389 g/mol. The minimum atomic E-state index is -0.643. The van der Waals surface area contributed by atoms with Gasteiger partial charge in [-0.3, -0.25) is 15.7 Å². The van der Waals surface area contributed by atoms with Crippen LogP contribution in [-0.2, 0) is 4.74 Å². The first kappa shape index (κ1) is 18.4. The second-order valence-electron chi connectivity index (χ2n) is 5.54. The normalized spacial score (nSPS) is 11.7. The number of pyridine rings is 2. The molecule has 0 aliphatic heterocycles. The van der Waals surface area contributed by atoms with E-state index in [2.05, 4.69) is 40.9 Å². The van der Waals surface area contributed by atoms with E-state index < -0.39 is 12.1 Å². The van der Waals surface area contributed by atoms with Crippen LogP contribution in [0.2, 0.25) is 5.15 Å². The van der Waals surface area contributed by atoms with E-state index in [9.17, 15) is 9.59 Å². The van der Waals surface area contributed by atoms with Gasteiger partial charge in [0.05, 0.1) is 24.1 Å². The number of H-pyrrole nitrogens is 1. The molecule has 4 N–H and O–H groups in total. The van der Waals surface area contributed by atoms with E-state index in [4.69, 9.17) is 11.6 Å². The molecule has 3 amide bonds. The molecule has 0 spiro atoms. The minimum absolute atomic E-state index is 0.276. The lowest BCUT2D eigenvalue weighted by Gasteiger charge is -2.14. The molecule has 0 saturated carbocycles. The maximum absolute atomic E-state index is 12.2. The third-order valence-electron chi connectivity index (χ3n) is 3.69. The van der Waals surface area contributed by atoms with Crippen molar-refractivity contribution < 1.29 is 14.3 Å². The molecular weight excluding hydrogens is 374 g/mol.